The van der Waals surface area contributed by atoms with Gasteiger partial charge in [0.2, 0.25) is 5.78 Å². The van der Waals surface area contributed by atoms with E-state index in [1.807, 2.05) is 0 Å². The lowest BCUT2D eigenvalue weighted by atomic mass is 10.1. The molecule has 0 saturated heterocycles. The Morgan fingerprint density at radius 2 is 1.77 bits per heavy atom. The fraction of sp³-hybridized carbons (Fsp3) is 0.125. The highest BCUT2D eigenvalue weighted by atomic mass is 19.1. The number of benzene rings is 3. The van der Waals surface area contributed by atoms with Gasteiger partial charge in [-0.1, -0.05) is 18.2 Å². The van der Waals surface area contributed by atoms with Crippen LogP contribution in [0.5, 0.6) is 23.0 Å². The Kier molecular flexibility index (Phi) is 5.39. The number of hydrogen-bond acceptors (Lipinski definition) is 5. The van der Waals surface area contributed by atoms with Crippen LogP contribution >= 0.6 is 0 Å². The fourth-order valence-electron chi connectivity index (χ4n) is 3.13. The van der Waals surface area contributed by atoms with Gasteiger partial charge in [-0.3, -0.25) is 4.79 Å². The minimum Gasteiger partial charge on any atom is -0.497 e. The predicted octanol–water partition coefficient (Wildman–Crippen LogP) is 5.04. The third-order valence-electron chi connectivity index (χ3n) is 4.72. The van der Waals surface area contributed by atoms with Crippen LogP contribution in [-0.2, 0) is 6.61 Å². The molecular formula is C24H19FO5. The smallest absolute Gasteiger partial charge is 0.231 e. The number of halogens is 1. The van der Waals surface area contributed by atoms with Crippen LogP contribution in [0.4, 0.5) is 4.39 Å². The molecule has 0 bridgehead atoms. The molecule has 0 radical (unpaired) electrons. The van der Waals surface area contributed by atoms with Gasteiger partial charge in [-0.25, -0.2) is 4.39 Å². The predicted molar refractivity (Wildman–Crippen MR) is 110 cm³/mol. The molecule has 4 rings (SSSR count). The third-order valence-corrected chi connectivity index (χ3v) is 4.72. The van der Waals surface area contributed by atoms with E-state index >= 15 is 0 Å². The molecule has 0 aliphatic carbocycles. The van der Waals surface area contributed by atoms with Gasteiger partial charge >= 0.3 is 0 Å². The van der Waals surface area contributed by atoms with E-state index in [-0.39, 0.29) is 24.0 Å². The molecule has 3 aromatic rings. The van der Waals surface area contributed by atoms with E-state index in [0.717, 1.165) is 0 Å². The molecule has 0 N–H and O–H groups in total. The van der Waals surface area contributed by atoms with Gasteiger partial charge in [-0.2, -0.15) is 0 Å². The van der Waals surface area contributed by atoms with Crippen LogP contribution < -0.4 is 18.9 Å². The molecule has 0 amide bonds. The maximum atomic E-state index is 13.8. The monoisotopic (exact) mass is 406 g/mol. The number of allylic oxidation sites excluding steroid dienone is 1. The normalized spacial score (nSPS) is 13.7. The highest BCUT2D eigenvalue weighted by Crippen LogP contribution is 2.36. The average Bonchev–Trinajstić information content (AvgIpc) is 3.07. The summed E-state index contributed by atoms with van der Waals surface area (Å²) in [4.78, 5) is 12.7. The topological polar surface area (TPSA) is 54.0 Å². The first-order valence-corrected chi connectivity index (χ1v) is 9.25. The standard InChI is InChI=1S/C24H19FO5/c1-27-17-8-10-21(28-2)16(11-17)12-23-24(26)19-9-7-18(13-22(19)30-23)29-14-15-5-3-4-6-20(15)25/h3-13H,14H2,1-2H3/b23-12-. The van der Waals surface area contributed by atoms with E-state index in [1.165, 1.54) is 6.07 Å². The van der Waals surface area contributed by atoms with Crippen LogP contribution in [-0.4, -0.2) is 20.0 Å². The van der Waals surface area contributed by atoms with Crippen molar-refractivity contribution in [3.05, 3.63) is 88.9 Å². The molecule has 1 aliphatic rings. The Balaban J connectivity index is 1.56. The summed E-state index contributed by atoms with van der Waals surface area (Å²) >= 11 is 0. The molecule has 0 spiro atoms. The van der Waals surface area contributed by atoms with E-state index in [1.54, 1.807) is 74.9 Å². The Morgan fingerprint density at radius 3 is 2.53 bits per heavy atom. The van der Waals surface area contributed by atoms with Gasteiger partial charge in [0, 0.05) is 17.2 Å². The Labute approximate surface area is 173 Å². The minimum atomic E-state index is -0.331. The van der Waals surface area contributed by atoms with Crippen LogP contribution in [0.1, 0.15) is 21.5 Å². The zero-order valence-corrected chi connectivity index (χ0v) is 16.5. The molecule has 0 saturated carbocycles. The minimum absolute atomic E-state index is 0.0725. The molecule has 30 heavy (non-hydrogen) atoms. The second-order valence-electron chi connectivity index (χ2n) is 6.59. The van der Waals surface area contributed by atoms with Crippen LogP contribution in [0.3, 0.4) is 0 Å². The van der Waals surface area contributed by atoms with Crippen LogP contribution in [0.15, 0.2) is 66.4 Å². The number of rotatable bonds is 6. The van der Waals surface area contributed by atoms with Crippen molar-refractivity contribution in [1.82, 2.24) is 0 Å². The van der Waals surface area contributed by atoms with E-state index in [0.29, 0.717) is 39.7 Å². The average molecular weight is 406 g/mol. The van der Waals surface area contributed by atoms with Crippen LogP contribution in [0.25, 0.3) is 6.08 Å². The van der Waals surface area contributed by atoms with Crippen molar-refractivity contribution < 1.29 is 28.1 Å². The Bertz CT molecular complexity index is 1140. The summed E-state index contributed by atoms with van der Waals surface area (Å²) in [5, 5.41) is 0. The van der Waals surface area contributed by atoms with Gasteiger partial charge in [0.25, 0.3) is 0 Å². The zero-order valence-electron chi connectivity index (χ0n) is 16.5. The summed E-state index contributed by atoms with van der Waals surface area (Å²) in [7, 11) is 3.11. The van der Waals surface area contributed by atoms with Crippen molar-refractivity contribution in [3.63, 3.8) is 0 Å². The van der Waals surface area contributed by atoms with Gasteiger partial charge < -0.3 is 18.9 Å². The lowest BCUT2D eigenvalue weighted by molar-refractivity contribution is 0.101. The van der Waals surface area contributed by atoms with E-state index < -0.39 is 0 Å². The largest absolute Gasteiger partial charge is 0.497 e. The SMILES string of the molecule is COc1ccc(OC)c(/C=C2\Oc3cc(OCc4ccccc4F)ccc3C2=O)c1. The third kappa shape index (κ3) is 3.85. The quantitative estimate of drug-likeness (QED) is 0.537. The van der Waals surface area contributed by atoms with Crippen LogP contribution in [0, 0.1) is 5.82 Å². The first-order chi connectivity index (χ1) is 14.6. The van der Waals surface area contributed by atoms with Crippen molar-refractivity contribution >= 4 is 11.9 Å². The van der Waals surface area contributed by atoms with Gasteiger partial charge in [0.05, 0.1) is 19.8 Å². The molecule has 1 heterocycles. The summed E-state index contributed by atoms with van der Waals surface area (Å²) in [5.41, 5.74) is 1.53. The number of ether oxygens (including phenoxy) is 4. The highest BCUT2D eigenvalue weighted by molar-refractivity contribution is 6.14. The molecule has 0 fully saturated rings. The lowest BCUT2D eigenvalue weighted by Gasteiger charge is -2.08. The van der Waals surface area contributed by atoms with E-state index in [9.17, 15) is 9.18 Å². The molecule has 5 nitrogen and oxygen atoms in total. The molecular weight excluding hydrogens is 387 g/mol. The Morgan fingerprint density at radius 1 is 0.967 bits per heavy atom. The van der Waals surface area contributed by atoms with Crippen molar-refractivity contribution in [2.75, 3.05) is 14.2 Å². The zero-order chi connectivity index (χ0) is 21.1. The van der Waals surface area contributed by atoms with E-state index in [2.05, 4.69) is 0 Å². The van der Waals surface area contributed by atoms with Gasteiger partial charge in [-0.15, -0.1) is 0 Å². The highest BCUT2D eigenvalue weighted by Gasteiger charge is 2.28. The molecule has 6 heteroatoms. The second kappa shape index (κ2) is 8.29. The van der Waals surface area contributed by atoms with Crippen molar-refractivity contribution in [3.8, 4) is 23.0 Å². The number of methoxy groups -OCH3 is 2. The molecule has 0 atom stereocenters. The Hall–Kier alpha value is -3.80. The summed E-state index contributed by atoms with van der Waals surface area (Å²) in [6.07, 6.45) is 1.61. The lowest BCUT2D eigenvalue weighted by Crippen LogP contribution is -1.99. The van der Waals surface area contributed by atoms with Gasteiger partial charge in [0.15, 0.2) is 5.76 Å². The number of Topliss-reactive ketones (excluding diaryl/α,β-unsaturated/α-hetero) is 1. The van der Waals surface area contributed by atoms with Crippen molar-refractivity contribution in [2.24, 2.45) is 0 Å². The number of ketones is 1. The van der Waals surface area contributed by atoms with Crippen LogP contribution in [0.2, 0.25) is 0 Å². The maximum Gasteiger partial charge on any atom is 0.231 e. The number of fused-ring (bicyclic) bond motifs is 1. The van der Waals surface area contributed by atoms with Gasteiger partial charge in [0.1, 0.15) is 35.4 Å². The van der Waals surface area contributed by atoms with Crippen molar-refractivity contribution in [2.45, 2.75) is 6.61 Å². The summed E-state index contributed by atoms with van der Waals surface area (Å²) in [6.45, 7) is 0.0725. The summed E-state index contributed by atoms with van der Waals surface area (Å²) in [6, 6.07) is 16.6. The number of hydrogen-bond donors (Lipinski definition) is 0. The number of carbonyl (C=O) groups is 1. The molecule has 3 aromatic carbocycles. The van der Waals surface area contributed by atoms with E-state index in [4.69, 9.17) is 18.9 Å². The second-order valence-corrected chi connectivity index (χ2v) is 6.59. The van der Waals surface area contributed by atoms with Crippen molar-refractivity contribution in [1.29, 1.82) is 0 Å². The molecule has 0 unspecified atom stereocenters. The van der Waals surface area contributed by atoms with Gasteiger partial charge in [-0.05, 0) is 42.5 Å². The fourth-order valence-corrected chi connectivity index (χ4v) is 3.13. The number of carbonyl (C=O) groups excluding carboxylic acids is 1. The summed E-state index contributed by atoms with van der Waals surface area (Å²) < 4.78 is 35.8. The first-order valence-electron chi connectivity index (χ1n) is 9.25. The first kappa shape index (κ1) is 19.5. The maximum absolute atomic E-state index is 13.8. The molecule has 0 aromatic heterocycles. The molecule has 1 aliphatic heterocycles. The summed E-state index contributed by atoms with van der Waals surface area (Å²) in [5.74, 6) is 1.68. The molecule has 152 valence electrons.